The maximum absolute atomic E-state index is 13.5. The molecular formula is C14H13F3O4. The number of ether oxygens (including phenoxy) is 2. The molecule has 114 valence electrons. The minimum Gasteiger partial charge on any atom is -0.478 e. The Bertz CT molecular complexity index is 580. The maximum atomic E-state index is 13.5. The van der Waals surface area contributed by atoms with Gasteiger partial charge in [0.15, 0.2) is 0 Å². The van der Waals surface area contributed by atoms with Gasteiger partial charge in [0, 0.05) is 5.56 Å². The van der Waals surface area contributed by atoms with Crippen LogP contribution in [0.4, 0.5) is 13.2 Å². The van der Waals surface area contributed by atoms with Crippen molar-refractivity contribution in [3.8, 4) is 5.75 Å². The molecule has 0 spiro atoms. The molecule has 1 aromatic carbocycles. The van der Waals surface area contributed by atoms with Crippen LogP contribution in [0, 0.1) is 0 Å². The lowest BCUT2D eigenvalue weighted by Gasteiger charge is -2.38. The van der Waals surface area contributed by atoms with Gasteiger partial charge in [0.25, 0.3) is 0 Å². The number of carboxylic acid groups (broad SMARTS) is 1. The largest absolute Gasteiger partial charge is 0.478 e. The summed E-state index contributed by atoms with van der Waals surface area (Å²) in [5.74, 6) is -5.10. The van der Waals surface area contributed by atoms with Crippen molar-refractivity contribution < 1.29 is 32.5 Å². The first-order chi connectivity index (χ1) is 9.82. The van der Waals surface area contributed by atoms with Crippen molar-refractivity contribution in [2.24, 2.45) is 0 Å². The molecular weight excluding hydrogens is 289 g/mol. The molecule has 0 aliphatic carbocycles. The summed E-state index contributed by atoms with van der Waals surface area (Å²) < 4.78 is 50.2. The Labute approximate surface area is 118 Å². The van der Waals surface area contributed by atoms with Crippen molar-refractivity contribution in [2.75, 3.05) is 6.61 Å². The summed E-state index contributed by atoms with van der Waals surface area (Å²) in [5, 5.41) is 9.13. The Kier molecular flexibility index (Phi) is 3.95. The van der Waals surface area contributed by atoms with Crippen LogP contribution < -0.4 is 4.74 Å². The first-order valence-electron chi connectivity index (χ1n) is 6.26. The van der Waals surface area contributed by atoms with E-state index in [2.05, 4.69) is 0 Å². The van der Waals surface area contributed by atoms with E-state index in [1.807, 2.05) is 0 Å². The van der Waals surface area contributed by atoms with Crippen molar-refractivity contribution in [2.45, 2.75) is 25.3 Å². The number of alkyl halides is 3. The van der Waals surface area contributed by atoms with Crippen molar-refractivity contribution >= 4 is 12.0 Å². The molecule has 1 atom stereocenters. The maximum Gasteiger partial charge on any atom is 0.460 e. The highest BCUT2D eigenvalue weighted by molar-refractivity contribution is 5.95. The quantitative estimate of drug-likeness (QED) is 0.927. The van der Waals surface area contributed by atoms with Gasteiger partial charge < -0.3 is 14.6 Å². The van der Waals surface area contributed by atoms with Gasteiger partial charge in [-0.2, -0.15) is 13.2 Å². The zero-order chi connectivity index (χ0) is 15.7. The Hall–Kier alpha value is -2.02. The molecule has 1 aromatic rings. The van der Waals surface area contributed by atoms with Crippen molar-refractivity contribution in [3.05, 3.63) is 35.4 Å². The number of halogens is 3. The Morgan fingerprint density at radius 2 is 2.05 bits per heavy atom. The number of fused-ring (bicyclic) bond motifs is 1. The molecule has 0 bridgehead atoms. The van der Waals surface area contributed by atoms with Crippen LogP contribution in [-0.4, -0.2) is 29.6 Å². The smallest absolute Gasteiger partial charge is 0.460 e. The van der Waals surface area contributed by atoms with Gasteiger partial charge in [0.1, 0.15) is 11.3 Å². The lowest BCUT2D eigenvalue weighted by Crippen LogP contribution is -2.57. The van der Waals surface area contributed by atoms with Gasteiger partial charge in [0.05, 0.1) is 6.61 Å². The monoisotopic (exact) mass is 302 g/mol. The minimum atomic E-state index is -5.03. The molecule has 0 radical (unpaired) electrons. The highest BCUT2D eigenvalue weighted by Gasteiger charge is 2.65. The van der Waals surface area contributed by atoms with Gasteiger partial charge in [-0.25, -0.2) is 4.79 Å². The number of hydrogen-bond acceptors (Lipinski definition) is 3. The van der Waals surface area contributed by atoms with E-state index in [1.54, 1.807) is 13.0 Å². The van der Waals surface area contributed by atoms with Crippen molar-refractivity contribution in [3.63, 3.8) is 0 Å². The van der Waals surface area contributed by atoms with E-state index < -0.39 is 23.5 Å². The first-order valence-corrected chi connectivity index (χ1v) is 6.26. The van der Waals surface area contributed by atoms with Crippen molar-refractivity contribution in [1.29, 1.82) is 0 Å². The standard InChI is InChI=1S/C14H13F3O4/c1-2-7-20-13(14(15,16)17)10(12(18)19)8-9-5-3-4-6-11(9)21-13/h3-6,8H,2,7H2,1H3,(H,18,19). The molecule has 0 amide bonds. The zero-order valence-electron chi connectivity index (χ0n) is 11.1. The van der Waals surface area contributed by atoms with Gasteiger partial charge in [-0.15, -0.1) is 0 Å². The van der Waals surface area contributed by atoms with Crippen LogP contribution in [0.1, 0.15) is 18.9 Å². The minimum absolute atomic E-state index is 0.0732. The number of hydrogen-bond donors (Lipinski definition) is 1. The Morgan fingerprint density at radius 3 is 2.62 bits per heavy atom. The fourth-order valence-corrected chi connectivity index (χ4v) is 2.00. The second kappa shape index (κ2) is 5.40. The lowest BCUT2D eigenvalue weighted by molar-refractivity contribution is -0.333. The predicted octanol–water partition coefficient (Wildman–Crippen LogP) is 3.23. The molecule has 0 fully saturated rings. The second-order valence-electron chi connectivity index (χ2n) is 4.47. The third-order valence-electron chi connectivity index (χ3n) is 2.94. The van der Waals surface area contributed by atoms with E-state index in [-0.39, 0.29) is 24.3 Å². The average molecular weight is 302 g/mol. The average Bonchev–Trinajstić information content (AvgIpc) is 2.42. The fraction of sp³-hybridized carbons (Fsp3) is 0.357. The molecule has 1 aliphatic rings. The van der Waals surface area contributed by atoms with Gasteiger partial charge in [-0.05, 0) is 18.6 Å². The SMILES string of the molecule is CCCOC1(C(F)(F)F)Oc2ccccc2C=C1C(=O)O. The van der Waals surface area contributed by atoms with E-state index in [0.717, 1.165) is 6.08 Å². The Morgan fingerprint density at radius 1 is 1.38 bits per heavy atom. The van der Waals surface area contributed by atoms with Crippen LogP contribution in [0.25, 0.3) is 6.08 Å². The summed E-state index contributed by atoms with van der Waals surface area (Å²) in [6, 6.07) is 5.88. The van der Waals surface area contributed by atoms with E-state index in [0.29, 0.717) is 0 Å². The van der Waals surface area contributed by atoms with E-state index in [4.69, 9.17) is 14.6 Å². The van der Waals surface area contributed by atoms with Gasteiger partial charge >= 0.3 is 17.9 Å². The van der Waals surface area contributed by atoms with Crippen LogP contribution in [0.2, 0.25) is 0 Å². The molecule has 2 rings (SSSR count). The summed E-state index contributed by atoms with van der Waals surface area (Å²) in [6.07, 6.45) is -3.81. The van der Waals surface area contributed by atoms with E-state index in [9.17, 15) is 18.0 Å². The van der Waals surface area contributed by atoms with E-state index >= 15 is 0 Å². The fourth-order valence-electron chi connectivity index (χ4n) is 2.00. The van der Waals surface area contributed by atoms with E-state index in [1.165, 1.54) is 18.2 Å². The second-order valence-corrected chi connectivity index (χ2v) is 4.47. The third-order valence-corrected chi connectivity index (χ3v) is 2.94. The first kappa shape index (κ1) is 15.4. The van der Waals surface area contributed by atoms with Crippen LogP contribution in [0.5, 0.6) is 5.75 Å². The molecule has 0 saturated carbocycles. The molecule has 1 unspecified atom stereocenters. The highest BCUT2D eigenvalue weighted by atomic mass is 19.4. The van der Waals surface area contributed by atoms with Crippen LogP contribution >= 0.6 is 0 Å². The van der Waals surface area contributed by atoms with Crippen LogP contribution in [0.3, 0.4) is 0 Å². The lowest BCUT2D eigenvalue weighted by atomic mass is 9.98. The zero-order valence-corrected chi connectivity index (χ0v) is 11.1. The number of rotatable bonds is 4. The van der Waals surface area contributed by atoms with Crippen molar-refractivity contribution in [1.82, 2.24) is 0 Å². The summed E-state index contributed by atoms with van der Waals surface area (Å²) in [5.41, 5.74) is -0.725. The predicted molar refractivity (Wildman–Crippen MR) is 67.7 cm³/mol. The van der Waals surface area contributed by atoms with Crippen LogP contribution in [-0.2, 0) is 9.53 Å². The van der Waals surface area contributed by atoms with Crippen LogP contribution in [0.15, 0.2) is 29.8 Å². The number of carbonyl (C=O) groups is 1. The molecule has 21 heavy (non-hydrogen) atoms. The summed E-state index contributed by atoms with van der Waals surface area (Å²) in [6.45, 7) is 1.33. The molecule has 0 aromatic heterocycles. The third kappa shape index (κ3) is 2.61. The molecule has 1 aliphatic heterocycles. The summed E-state index contributed by atoms with van der Waals surface area (Å²) in [7, 11) is 0. The normalized spacial score (nSPS) is 21.2. The number of para-hydroxylation sites is 1. The summed E-state index contributed by atoms with van der Waals surface area (Å²) in [4.78, 5) is 11.3. The molecule has 7 heteroatoms. The number of carboxylic acids is 1. The molecule has 1 N–H and O–H groups in total. The van der Waals surface area contributed by atoms with Gasteiger partial charge in [0.2, 0.25) is 0 Å². The number of aliphatic carboxylic acids is 1. The van der Waals surface area contributed by atoms with Gasteiger partial charge in [-0.1, -0.05) is 25.1 Å². The topological polar surface area (TPSA) is 55.8 Å². The molecule has 0 saturated heterocycles. The molecule has 4 nitrogen and oxygen atoms in total. The Balaban J connectivity index is 2.61. The molecule has 1 heterocycles. The number of benzene rings is 1. The highest BCUT2D eigenvalue weighted by Crippen LogP contribution is 2.46. The summed E-state index contributed by atoms with van der Waals surface area (Å²) >= 11 is 0. The van der Waals surface area contributed by atoms with Gasteiger partial charge in [-0.3, -0.25) is 0 Å².